The molecule has 4 nitrogen and oxygen atoms in total. The number of amides is 1. The average Bonchev–Trinajstić information content (AvgIpc) is 2.45. The molecule has 3 N–H and O–H groups in total. The summed E-state index contributed by atoms with van der Waals surface area (Å²) in [7, 11) is 1.89. The highest BCUT2D eigenvalue weighted by molar-refractivity contribution is 7.80. The van der Waals surface area contributed by atoms with E-state index in [1.165, 1.54) is 0 Å². The zero-order valence-electron chi connectivity index (χ0n) is 13.4. The lowest BCUT2D eigenvalue weighted by molar-refractivity contribution is -0.123. The zero-order valence-corrected chi connectivity index (χ0v) is 14.3. The van der Waals surface area contributed by atoms with Gasteiger partial charge in [-0.25, -0.2) is 0 Å². The van der Waals surface area contributed by atoms with E-state index < -0.39 is 0 Å². The number of nitrogens with zero attached hydrogens (tertiary/aromatic N) is 1. The second-order valence-electron chi connectivity index (χ2n) is 5.93. The van der Waals surface area contributed by atoms with Crippen molar-refractivity contribution in [2.24, 2.45) is 5.73 Å². The fraction of sp³-hybridized carbons (Fsp3) is 0.500. The van der Waals surface area contributed by atoms with E-state index in [4.69, 9.17) is 18.0 Å². The standard InChI is InChI=1S/C16H25N3OS/c1-6-16(3,4)18-15(20)11(2)19(5)13-9-7-8-12(10-13)14(17)21/h7-11H,6H2,1-5H3,(H2,17,21)(H,18,20). The first-order valence-corrected chi connectivity index (χ1v) is 7.53. The molecule has 0 aliphatic carbocycles. The van der Waals surface area contributed by atoms with E-state index in [1.54, 1.807) is 0 Å². The van der Waals surface area contributed by atoms with Gasteiger partial charge in [0.25, 0.3) is 0 Å². The van der Waals surface area contributed by atoms with Crippen molar-refractivity contribution in [3.05, 3.63) is 29.8 Å². The zero-order chi connectivity index (χ0) is 16.2. The number of hydrogen-bond acceptors (Lipinski definition) is 3. The van der Waals surface area contributed by atoms with Gasteiger partial charge in [0.2, 0.25) is 5.91 Å². The number of thiocarbonyl (C=S) groups is 1. The van der Waals surface area contributed by atoms with Crippen LogP contribution in [-0.2, 0) is 4.79 Å². The second kappa shape index (κ2) is 6.89. The Hall–Kier alpha value is -1.62. The lowest BCUT2D eigenvalue weighted by Crippen LogP contribution is -2.51. The summed E-state index contributed by atoms with van der Waals surface area (Å²) in [5.41, 5.74) is 7.17. The van der Waals surface area contributed by atoms with E-state index in [2.05, 4.69) is 12.2 Å². The van der Waals surface area contributed by atoms with Crippen LogP contribution in [0.1, 0.15) is 39.7 Å². The van der Waals surface area contributed by atoms with Gasteiger partial charge >= 0.3 is 0 Å². The molecule has 0 bridgehead atoms. The summed E-state index contributed by atoms with van der Waals surface area (Å²) < 4.78 is 0. The molecule has 0 aliphatic heterocycles. The highest BCUT2D eigenvalue weighted by atomic mass is 32.1. The van der Waals surface area contributed by atoms with Crippen LogP contribution in [0.5, 0.6) is 0 Å². The monoisotopic (exact) mass is 307 g/mol. The maximum atomic E-state index is 12.3. The van der Waals surface area contributed by atoms with E-state index in [1.807, 2.05) is 57.0 Å². The highest BCUT2D eigenvalue weighted by Gasteiger charge is 2.24. The Labute approximate surface area is 132 Å². The molecular weight excluding hydrogens is 282 g/mol. The van der Waals surface area contributed by atoms with Crippen LogP contribution in [-0.4, -0.2) is 29.5 Å². The van der Waals surface area contributed by atoms with E-state index in [9.17, 15) is 4.79 Å². The van der Waals surface area contributed by atoms with Gasteiger partial charge in [-0.1, -0.05) is 31.3 Å². The van der Waals surface area contributed by atoms with Crippen LogP contribution < -0.4 is 16.0 Å². The molecule has 5 heteroatoms. The Kier molecular flexibility index (Phi) is 5.72. The number of carbonyl (C=O) groups excluding carboxylic acids is 1. The molecule has 1 aromatic rings. The normalized spacial score (nSPS) is 12.6. The summed E-state index contributed by atoms with van der Waals surface area (Å²) in [6.07, 6.45) is 0.881. The van der Waals surface area contributed by atoms with Crippen molar-refractivity contribution >= 4 is 28.8 Å². The van der Waals surface area contributed by atoms with E-state index in [0.717, 1.165) is 17.7 Å². The average molecular weight is 307 g/mol. The third-order valence-corrected chi connectivity index (χ3v) is 4.08. The van der Waals surface area contributed by atoms with Crippen LogP contribution in [0.25, 0.3) is 0 Å². The number of carbonyl (C=O) groups is 1. The third-order valence-electron chi connectivity index (χ3n) is 3.84. The van der Waals surface area contributed by atoms with Crippen molar-refractivity contribution in [3.8, 4) is 0 Å². The van der Waals surface area contributed by atoms with Crippen LogP contribution in [0.2, 0.25) is 0 Å². The summed E-state index contributed by atoms with van der Waals surface area (Å²) >= 11 is 4.99. The first-order chi connectivity index (χ1) is 9.68. The number of likely N-dealkylation sites (N-methyl/N-ethyl adjacent to an activating group) is 1. The van der Waals surface area contributed by atoms with Crippen LogP contribution in [0.15, 0.2) is 24.3 Å². The smallest absolute Gasteiger partial charge is 0.242 e. The van der Waals surface area contributed by atoms with E-state index in [-0.39, 0.29) is 17.5 Å². The topological polar surface area (TPSA) is 58.4 Å². The van der Waals surface area contributed by atoms with Gasteiger partial charge in [-0.3, -0.25) is 4.79 Å². The summed E-state index contributed by atoms with van der Waals surface area (Å²) in [6.45, 7) is 7.98. The van der Waals surface area contributed by atoms with E-state index in [0.29, 0.717) is 4.99 Å². The number of rotatable bonds is 6. The largest absolute Gasteiger partial charge is 0.389 e. The summed E-state index contributed by atoms with van der Waals surface area (Å²) in [4.78, 5) is 14.6. The molecule has 0 spiro atoms. The number of nitrogens with one attached hydrogen (secondary N) is 1. The first-order valence-electron chi connectivity index (χ1n) is 7.12. The molecule has 0 aliphatic rings. The SMILES string of the molecule is CCC(C)(C)NC(=O)C(C)N(C)c1cccc(C(N)=S)c1. The van der Waals surface area contributed by atoms with Gasteiger partial charge in [-0.05, 0) is 39.3 Å². The van der Waals surface area contributed by atoms with E-state index >= 15 is 0 Å². The summed E-state index contributed by atoms with van der Waals surface area (Å²) in [6, 6.07) is 7.32. The van der Waals surface area contributed by atoms with Crippen molar-refractivity contribution in [2.45, 2.75) is 45.7 Å². The molecule has 1 amide bonds. The van der Waals surface area contributed by atoms with Gasteiger partial charge in [-0.2, -0.15) is 0 Å². The molecule has 0 aromatic heterocycles. The summed E-state index contributed by atoms with van der Waals surface area (Å²) in [5.74, 6) is 0.00470. The Balaban J connectivity index is 2.87. The molecular formula is C16H25N3OS. The maximum Gasteiger partial charge on any atom is 0.242 e. The van der Waals surface area contributed by atoms with Crippen molar-refractivity contribution in [2.75, 3.05) is 11.9 Å². The molecule has 1 rings (SSSR count). The van der Waals surface area contributed by atoms with Crippen LogP contribution in [0.4, 0.5) is 5.69 Å². The molecule has 0 saturated heterocycles. The lowest BCUT2D eigenvalue weighted by atomic mass is 10.0. The predicted molar refractivity (Wildman–Crippen MR) is 92.7 cm³/mol. The van der Waals surface area contributed by atoms with Gasteiger partial charge in [0.15, 0.2) is 0 Å². The van der Waals surface area contributed by atoms with Gasteiger partial charge in [0, 0.05) is 23.8 Å². The Morgan fingerprint density at radius 3 is 2.62 bits per heavy atom. The highest BCUT2D eigenvalue weighted by Crippen LogP contribution is 2.18. The number of nitrogens with two attached hydrogens (primary N) is 1. The Bertz CT molecular complexity index is 528. The third kappa shape index (κ3) is 4.70. The van der Waals surface area contributed by atoms with Gasteiger partial charge in [-0.15, -0.1) is 0 Å². The molecule has 1 aromatic carbocycles. The molecule has 1 unspecified atom stereocenters. The molecule has 0 heterocycles. The maximum absolute atomic E-state index is 12.3. The molecule has 0 saturated carbocycles. The number of anilines is 1. The number of benzene rings is 1. The Morgan fingerprint density at radius 1 is 1.48 bits per heavy atom. The summed E-state index contributed by atoms with van der Waals surface area (Å²) in [5, 5.41) is 3.06. The minimum Gasteiger partial charge on any atom is -0.389 e. The first kappa shape index (κ1) is 17.4. The quantitative estimate of drug-likeness (QED) is 0.793. The minimum atomic E-state index is -0.280. The number of hydrogen-bond donors (Lipinski definition) is 2. The second-order valence-corrected chi connectivity index (χ2v) is 6.37. The molecule has 0 radical (unpaired) electrons. The van der Waals surface area contributed by atoms with Gasteiger partial charge in [0.1, 0.15) is 11.0 Å². The van der Waals surface area contributed by atoms with Crippen molar-refractivity contribution < 1.29 is 4.79 Å². The molecule has 21 heavy (non-hydrogen) atoms. The van der Waals surface area contributed by atoms with Crippen molar-refractivity contribution in [1.82, 2.24) is 5.32 Å². The fourth-order valence-electron chi connectivity index (χ4n) is 1.80. The molecule has 1 atom stereocenters. The van der Waals surface area contributed by atoms with Crippen molar-refractivity contribution in [1.29, 1.82) is 0 Å². The predicted octanol–water partition coefficient (Wildman–Crippen LogP) is 2.45. The van der Waals surface area contributed by atoms with Crippen LogP contribution in [0, 0.1) is 0 Å². The van der Waals surface area contributed by atoms with Crippen molar-refractivity contribution in [3.63, 3.8) is 0 Å². The minimum absolute atomic E-state index is 0.00470. The lowest BCUT2D eigenvalue weighted by Gasteiger charge is -2.31. The van der Waals surface area contributed by atoms with Gasteiger partial charge < -0.3 is 16.0 Å². The van der Waals surface area contributed by atoms with Gasteiger partial charge in [0.05, 0.1) is 0 Å². The fourth-order valence-corrected chi connectivity index (χ4v) is 1.93. The molecule has 0 fully saturated rings. The molecule has 116 valence electrons. The van der Waals surface area contributed by atoms with Crippen LogP contribution >= 0.6 is 12.2 Å². The Morgan fingerprint density at radius 2 is 2.10 bits per heavy atom. The van der Waals surface area contributed by atoms with Crippen LogP contribution in [0.3, 0.4) is 0 Å².